The topological polar surface area (TPSA) is 59.8 Å². The molecular formula is C17H16ClNO4S. The fourth-order valence-corrected chi connectivity index (χ4v) is 3.88. The van der Waals surface area contributed by atoms with Gasteiger partial charge in [-0.25, -0.2) is 0 Å². The van der Waals surface area contributed by atoms with Crippen LogP contribution in [0.5, 0.6) is 0 Å². The van der Waals surface area contributed by atoms with Gasteiger partial charge in [-0.2, -0.15) is 0 Å². The number of hydrogen-bond donors (Lipinski definition) is 0. The maximum absolute atomic E-state index is 12.6. The van der Waals surface area contributed by atoms with Crippen LogP contribution in [0, 0.1) is 0 Å². The van der Waals surface area contributed by atoms with E-state index in [1.54, 1.807) is 23.1 Å². The van der Waals surface area contributed by atoms with Crippen LogP contribution in [-0.4, -0.2) is 48.0 Å². The zero-order valence-electron chi connectivity index (χ0n) is 13.0. The predicted molar refractivity (Wildman–Crippen MR) is 93.3 cm³/mol. The number of esters is 1. The van der Waals surface area contributed by atoms with Gasteiger partial charge in [-0.15, -0.1) is 11.8 Å². The quantitative estimate of drug-likeness (QED) is 0.781. The average Bonchev–Trinajstić information content (AvgIpc) is 3.10. The van der Waals surface area contributed by atoms with Crippen molar-refractivity contribution in [3.05, 3.63) is 47.2 Å². The molecule has 1 aliphatic heterocycles. The zero-order valence-corrected chi connectivity index (χ0v) is 14.6. The van der Waals surface area contributed by atoms with E-state index in [4.69, 9.17) is 20.8 Å². The van der Waals surface area contributed by atoms with Crippen molar-refractivity contribution in [1.82, 2.24) is 4.90 Å². The van der Waals surface area contributed by atoms with Gasteiger partial charge in [0, 0.05) is 24.4 Å². The first-order valence-corrected chi connectivity index (χ1v) is 8.86. The molecule has 24 heavy (non-hydrogen) atoms. The van der Waals surface area contributed by atoms with E-state index in [1.165, 1.54) is 18.9 Å². The maximum Gasteiger partial charge on any atom is 0.320 e. The summed E-state index contributed by atoms with van der Waals surface area (Å²) in [5.74, 6) is 0.917. The van der Waals surface area contributed by atoms with E-state index in [0.29, 0.717) is 29.6 Å². The lowest BCUT2D eigenvalue weighted by molar-refractivity contribution is -0.140. The number of carbonyl (C=O) groups excluding carboxylic acids is 2. The Balaban J connectivity index is 1.76. The summed E-state index contributed by atoms with van der Waals surface area (Å²) in [6, 6.07) is 10.7. The van der Waals surface area contributed by atoms with Gasteiger partial charge in [0.1, 0.15) is 11.0 Å². The predicted octanol–water partition coefficient (Wildman–Crippen LogP) is 3.33. The minimum absolute atomic E-state index is 0.234. The Hall–Kier alpha value is -1.92. The van der Waals surface area contributed by atoms with Crippen LogP contribution in [0.2, 0.25) is 5.02 Å². The second-order valence-corrected chi connectivity index (χ2v) is 7.00. The molecule has 1 aromatic carbocycles. The normalized spacial score (nSPS) is 17.6. The fraction of sp³-hybridized carbons (Fsp3) is 0.294. The van der Waals surface area contributed by atoms with Crippen LogP contribution >= 0.6 is 23.4 Å². The second-order valence-electron chi connectivity index (χ2n) is 5.28. The average molecular weight is 366 g/mol. The largest absolute Gasteiger partial charge is 0.468 e. The van der Waals surface area contributed by atoms with Crippen LogP contribution < -0.4 is 0 Å². The summed E-state index contributed by atoms with van der Waals surface area (Å²) in [7, 11) is 1.35. The van der Waals surface area contributed by atoms with Crippen molar-refractivity contribution in [1.29, 1.82) is 0 Å². The van der Waals surface area contributed by atoms with Crippen LogP contribution in [0.15, 0.2) is 40.8 Å². The van der Waals surface area contributed by atoms with Crippen molar-refractivity contribution in [3.63, 3.8) is 0 Å². The van der Waals surface area contributed by atoms with Crippen molar-refractivity contribution in [3.8, 4) is 11.3 Å². The number of thioether (sulfide) groups is 1. The molecule has 3 rings (SSSR count). The van der Waals surface area contributed by atoms with Gasteiger partial charge >= 0.3 is 5.97 Å². The molecule has 0 bridgehead atoms. The molecule has 5 nitrogen and oxygen atoms in total. The number of methoxy groups -OCH3 is 1. The lowest BCUT2D eigenvalue weighted by Crippen LogP contribution is -2.44. The Morgan fingerprint density at radius 3 is 2.83 bits per heavy atom. The summed E-state index contributed by atoms with van der Waals surface area (Å²) in [5.41, 5.74) is 0.736. The van der Waals surface area contributed by atoms with Crippen LogP contribution in [0.1, 0.15) is 10.6 Å². The number of furan rings is 1. The molecule has 1 aliphatic rings. The third-order valence-corrected chi connectivity index (χ3v) is 5.27. The third kappa shape index (κ3) is 3.44. The molecule has 0 aliphatic carbocycles. The van der Waals surface area contributed by atoms with Gasteiger partial charge in [-0.05, 0) is 24.3 Å². The van der Waals surface area contributed by atoms with Gasteiger partial charge in [-0.3, -0.25) is 9.59 Å². The van der Waals surface area contributed by atoms with Crippen LogP contribution in [0.25, 0.3) is 11.3 Å². The molecule has 0 N–H and O–H groups in total. The number of benzene rings is 1. The molecule has 1 amide bonds. The Labute approximate surface area is 148 Å². The van der Waals surface area contributed by atoms with E-state index in [-0.39, 0.29) is 22.9 Å². The van der Waals surface area contributed by atoms with Crippen molar-refractivity contribution >= 4 is 35.2 Å². The summed E-state index contributed by atoms with van der Waals surface area (Å²) in [4.78, 5) is 25.9. The maximum atomic E-state index is 12.6. The number of rotatable bonds is 3. The van der Waals surface area contributed by atoms with Crippen molar-refractivity contribution in [2.24, 2.45) is 0 Å². The number of nitrogens with zero attached hydrogens (tertiary/aromatic N) is 1. The smallest absolute Gasteiger partial charge is 0.320 e. The molecule has 1 aromatic heterocycles. The Morgan fingerprint density at radius 2 is 2.08 bits per heavy atom. The van der Waals surface area contributed by atoms with Gasteiger partial charge in [0.25, 0.3) is 5.91 Å². The molecule has 1 fully saturated rings. The molecule has 7 heteroatoms. The van der Waals surface area contributed by atoms with Gasteiger partial charge in [0.15, 0.2) is 5.76 Å². The number of ether oxygens (including phenoxy) is 1. The number of amides is 1. The summed E-state index contributed by atoms with van der Waals surface area (Å²) < 4.78 is 10.5. The van der Waals surface area contributed by atoms with Crippen molar-refractivity contribution < 1.29 is 18.7 Å². The lowest BCUT2D eigenvalue weighted by atomic mass is 10.2. The number of carbonyl (C=O) groups is 2. The fourth-order valence-electron chi connectivity index (χ4n) is 2.52. The van der Waals surface area contributed by atoms with E-state index < -0.39 is 0 Å². The first-order chi connectivity index (χ1) is 11.6. The van der Waals surface area contributed by atoms with E-state index >= 15 is 0 Å². The van der Waals surface area contributed by atoms with E-state index in [0.717, 1.165) is 5.56 Å². The second kappa shape index (κ2) is 7.32. The van der Waals surface area contributed by atoms with Crippen LogP contribution in [0.3, 0.4) is 0 Å². The molecule has 1 saturated heterocycles. The van der Waals surface area contributed by atoms with Crippen LogP contribution in [0.4, 0.5) is 0 Å². The highest BCUT2D eigenvalue weighted by atomic mass is 35.5. The minimum Gasteiger partial charge on any atom is -0.468 e. The van der Waals surface area contributed by atoms with Crippen molar-refractivity contribution in [2.75, 3.05) is 26.0 Å². The van der Waals surface area contributed by atoms with E-state index in [1.807, 2.05) is 18.2 Å². The molecule has 126 valence electrons. The first-order valence-electron chi connectivity index (χ1n) is 7.43. The van der Waals surface area contributed by atoms with Gasteiger partial charge < -0.3 is 14.1 Å². The summed E-state index contributed by atoms with van der Waals surface area (Å²) >= 11 is 7.66. The molecule has 0 radical (unpaired) electrons. The molecule has 2 aromatic rings. The van der Waals surface area contributed by atoms with Crippen molar-refractivity contribution in [2.45, 2.75) is 5.25 Å². The standard InChI is InChI=1S/C17H16ClNO4S/c1-22-17(21)15-10-19(8-9-24-15)16(20)14-7-6-13(23-14)11-4-2-3-5-12(11)18/h2-7,15H,8-10H2,1H3/t15-/m0/s1. The first kappa shape index (κ1) is 16.9. The molecule has 2 heterocycles. The summed E-state index contributed by atoms with van der Waals surface area (Å²) in [6.07, 6.45) is 0. The Bertz CT molecular complexity index is 761. The minimum atomic E-state index is -0.356. The monoisotopic (exact) mass is 365 g/mol. The molecular weight excluding hydrogens is 350 g/mol. The highest BCUT2D eigenvalue weighted by Gasteiger charge is 2.31. The Morgan fingerprint density at radius 1 is 1.29 bits per heavy atom. The summed E-state index contributed by atoms with van der Waals surface area (Å²) in [5, 5.41) is 0.205. The summed E-state index contributed by atoms with van der Waals surface area (Å²) in [6.45, 7) is 0.886. The lowest BCUT2D eigenvalue weighted by Gasteiger charge is -2.30. The molecule has 1 atom stereocenters. The molecule has 0 spiro atoms. The number of halogens is 1. The number of hydrogen-bond acceptors (Lipinski definition) is 5. The zero-order chi connectivity index (χ0) is 17.1. The molecule has 0 saturated carbocycles. The Kier molecular flexibility index (Phi) is 5.16. The SMILES string of the molecule is COC(=O)[C@@H]1CN(C(=O)c2ccc(-c3ccccc3Cl)o2)CCS1. The van der Waals surface area contributed by atoms with Crippen LogP contribution in [-0.2, 0) is 9.53 Å². The van der Waals surface area contributed by atoms with Gasteiger partial charge in [0.05, 0.1) is 12.1 Å². The van der Waals surface area contributed by atoms with E-state index in [2.05, 4.69) is 0 Å². The highest BCUT2D eigenvalue weighted by molar-refractivity contribution is 8.00. The van der Waals surface area contributed by atoms with E-state index in [9.17, 15) is 9.59 Å². The van der Waals surface area contributed by atoms with Gasteiger partial charge in [0.2, 0.25) is 0 Å². The van der Waals surface area contributed by atoms with Gasteiger partial charge in [-0.1, -0.05) is 23.7 Å². The third-order valence-electron chi connectivity index (χ3n) is 3.77. The highest BCUT2D eigenvalue weighted by Crippen LogP contribution is 2.30. The molecule has 0 unspecified atom stereocenters.